The second-order valence-corrected chi connectivity index (χ2v) is 2.34. The van der Waals surface area contributed by atoms with Gasteiger partial charge in [-0.3, -0.25) is 0 Å². The zero-order valence-corrected chi connectivity index (χ0v) is 7.43. The SMILES string of the molecule is CC(O)C(=O)O.O=C1COC(=O)CO1. The summed E-state index contributed by atoms with van der Waals surface area (Å²) in [4.78, 5) is 29.7. The van der Waals surface area contributed by atoms with Crippen LogP contribution in [0.25, 0.3) is 0 Å². The molecule has 7 nitrogen and oxygen atoms in total. The molecule has 0 aromatic rings. The molecular weight excluding hydrogens is 196 g/mol. The number of carboxylic acid groups (broad SMARTS) is 1. The standard InChI is InChI=1S/C4H4O4.C3H6O3/c5-3-1-7-4(6)2-8-3;1-2(4)3(5)6/h1-2H2;2,4H,1H3,(H,5,6). The lowest BCUT2D eigenvalue weighted by molar-refractivity contribution is -0.174. The summed E-state index contributed by atoms with van der Waals surface area (Å²) >= 11 is 0. The van der Waals surface area contributed by atoms with E-state index in [1.54, 1.807) is 0 Å². The Morgan fingerprint density at radius 2 is 1.57 bits per heavy atom. The summed E-state index contributed by atoms with van der Waals surface area (Å²) in [5.74, 6) is -2.15. The van der Waals surface area contributed by atoms with Crippen LogP contribution in [0, 0.1) is 0 Å². The molecule has 2 N–H and O–H groups in total. The molecule has 1 rings (SSSR count). The molecule has 1 aliphatic heterocycles. The largest absolute Gasteiger partial charge is 0.479 e. The highest BCUT2D eigenvalue weighted by molar-refractivity contribution is 5.82. The zero-order chi connectivity index (χ0) is 11.1. The summed E-state index contributed by atoms with van der Waals surface area (Å²) in [7, 11) is 0. The Kier molecular flexibility index (Phi) is 5.23. The van der Waals surface area contributed by atoms with Gasteiger partial charge in [0.2, 0.25) is 0 Å². The number of hydrogen-bond donors (Lipinski definition) is 2. The lowest BCUT2D eigenvalue weighted by Crippen LogP contribution is -2.27. The average molecular weight is 206 g/mol. The molecule has 0 aromatic heterocycles. The average Bonchev–Trinajstić information content (AvgIpc) is 2.11. The van der Waals surface area contributed by atoms with Crippen molar-refractivity contribution in [2.75, 3.05) is 13.2 Å². The first-order chi connectivity index (χ1) is 6.43. The van der Waals surface area contributed by atoms with Crippen molar-refractivity contribution in [3.05, 3.63) is 0 Å². The van der Waals surface area contributed by atoms with Crippen molar-refractivity contribution in [3.8, 4) is 0 Å². The molecule has 0 aliphatic carbocycles. The molecule has 1 heterocycles. The number of aliphatic hydroxyl groups excluding tert-OH is 1. The van der Waals surface area contributed by atoms with Crippen LogP contribution in [0.4, 0.5) is 0 Å². The molecule has 1 fully saturated rings. The van der Waals surface area contributed by atoms with Crippen LogP contribution in [0.3, 0.4) is 0 Å². The Hall–Kier alpha value is -1.63. The number of aliphatic carboxylic acids is 1. The lowest BCUT2D eigenvalue weighted by atomic mass is 10.4. The van der Waals surface area contributed by atoms with E-state index in [-0.39, 0.29) is 13.2 Å². The molecular formula is C7H10O7. The van der Waals surface area contributed by atoms with E-state index >= 15 is 0 Å². The van der Waals surface area contributed by atoms with Crippen molar-refractivity contribution in [2.24, 2.45) is 0 Å². The highest BCUT2D eigenvalue weighted by Gasteiger charge is 2.16. The van der Waals surface area contributed by atoms with Crippen LogP contribution < -0.4 is 0 Å². The van der Waals surface area contributed by atoms with Gasteiger partial charge in [0, 0.05) is 0 Å². The number of ether oxygens (including phenoxy) is 2. The normalized spacial score (nSPS) is 17.0. The molecule has 7 heteroatoms. The summed E-state index contributed by atoms with van der Waals surface area (Å²) in [6.07, 6.45) is -1.23. The van der Waals surface area contributed by atoms with Crippen LogP contribution in [0.2, 0.25) is 0 Å². The van der Waals surface area contributed by atoms with Crippen LogP contribution in [0.5, 0.6) is 0 Å². The second-order valence-electron chi connectivity index (χ2n) is 2.34. The van der Waals surface area contributed by atoms with Gasteiger partial charge < -0.3 is 19.7 Å². The van der Waals surface area contributed by atoms with Crippen LogP contribution in [-0.2, 0) is 23.9 Å². The van der Waals surface area contributed by atoms with E-state index in [2.05, 4.69) is 9.47 Å². The van der Waals surface area contributed by atoms with Gasteiger partial charge in [-0.25, -0.2) is 14.4 Å². The number of carboxylic acids is 1. The van der Waals surface area contributed by atoms with E-state index in [4.69, 9.17) is 10.2 Å². The molecule has 0 radical (unpaired) electrons. The van der Waals surface area contributed by atoms with Gasteiger partial charge in [-0.15, -0.1) is 0 Å². The third kappa shape index (κ3) is 5.95. The molecule has 0 bridgehead atoms. The highest BCUT2D eigenvalue weighted by atomic mass is 16.6. The summed E-state index contributed by atoms with van der Waals surface area (Å²) in [6.45, 7) is 0.722. The van der Waals surface area contributed by atoms with Crippen molar-refractivity contribution in [2.45, 2.75) is 13.0 Å². The molecule has 1 saturated heterocycles. The Balaban J connectivity index is 0.000000255. The first-order valence-electron chi connectivity index (χ1n) is 3.65. The van der Waals surface area contributed by atoms with Gasteiger partial charge in [0.15, 0.2) is 13.2 Å². The maximum absolute atomic E-state index is 10.1. The minimum atomic E-state index is -1.23. The Morgan fingerprint density at radius 1 is 1.29 bits per heavy atom. The molecule has 1 aliphatic rings. The Labute approximate surface area is 79.2 Å². The fraction of sp³-hybridized carbons (Fsp3) is 0.571. The predicted octanol–water partition coefficient (Wildman–Crippen LogP) is -1.46. The number of cyclic esters (lactones) is 2. The van der Waals surface area contributed by atoms with Gasteiger partial charge in [0.25, 0.3) is 0 Å². The van der Waals surface area contributed by atoms with Gasteiger partial charge >= 0.3 is 17.9 Å². The van der Waals surface area contributed by atoms with Crippen LogP contribution in [0.1, 0.15) is 6.92 Å². The zero-order valence-electron chi connectivity index (χ0n) is 7.43. The van der Waals surface area contributed by atoms with E-state index in [0.29, 0.717) is 0 Å². The fourth-order valence-corrected chi connectivity index (χ4v) is 0.362. The third-order valence-corrected chi connectivity index (χ3v) is 1.06. The minimum Gasteiger partial charge on any atom is -0.479 e. The second kappa shape index (κ2) is 5.92. The molecule has 1 atom stereocenters. The first kappa shape index (κ1) is 12.4. The first-order valence-corrected chi connectivity index (χ1v) is 3.65. The Bertz CT molecular complexity index is 204. The summed E-state index contributed by atoms with van der Waals surface area (Å²) in [5.41, 5.74) is 0. The summed E-state index contributed by atoms with van der Waals surface area (Å²) < 4.78 is 8.55. The number of aliphatic hydroxyl groups is 1. The van der Waals surface area contributed by atoms with E-state index in [1.807, 2.05) is 0 Å². The van der Waals surface area contributed by atoms with Crippen molar-refractivity contribution >= 4 is 17.9 Å². The smallest absolute Gasteiger partial charge is 0.344 e. The highest BCUT2D eigenvalue weighted by Crippen LogP contribution is 1.90. The summed E-state index contributed by atoms with van der Waals surface area (Å²) in [5, 5.41) is 15.8. The summed E-state index contributed by atoms with van der Waals surface area (Å²) in [6, 6.07) is 0. The van der Waals surface area contributed by atoms with Crippen molar-refractivity contribution in [1.82, 2.24) is 0 Å². The molecule has 0 aromatic carbocycles. The molecule has 14 heavy (non-hydrogen) atoms. The van der Waals surface area contributed by atoms with Gasteiger partial charge in [0.05, 0.1) is 0 Å². The molecule has 1 unspecified atom stereocenters. The number of hydrogen-bond acceptors (Lipinski definition) is 6. The number of carbonyl (C=O) groups is 3. The fourth-order valence-electron chi connectivity index (χ4n) is 0.362. The van der Waals surface area contributed by atoms with E-state index in [1.165, 1.54) is 6.92 Å². The lowest BCUT2D eigenvalue weighted by Gasteiger charge is -2.09. The van der Waals surface area contributed by atoms with Crippen molar-refractivity contribution in [3.63, 3.8) is 0 Å². The van der Waals surface area contributed by atoms with Gasteiger partial charge in [-0.05, 0) is 6.92 Å². The van der Waals surface area contributed by atoms with Crippen molar-refractivity contribution < 1.29 is 34.1 Å². The monoisotopic (exact) mass is 206 g/mol. The van der Waals surface area contributed by atoms with E-state index < -0.39 is 24.0 Å². The van der Waals surface area contributed by atoms with Crippen molar-refractivity contribution in [1.29, 1.82) is 0 Å². The number of esters is 2. The van der Waals surface area contributed by atoms with Crippen LogP contribution in [-0.4, -0.2) is 47.4 Å². The predicted molar refractivity (Wildman–Crippen MR) is 41.2 cm³/mol. The molecule has 0 saturated carbocycles. The number of carbonyl (C=O) groups excluding carboxylic acids is 2. The molecule has 0 amide bonds. The van der Waals surface area contributed by atoms with Gasteiger partial charge in [-0.2, -0.15) is 0 Å². The maximum Gasteiger partial charge on any atom is 0.344 e. The quantitative estimate of drug-likeness (QED) is 0.504. The van der Waals surface area contributed by atoms with Gasteiger partial charge in [0.1, 0.15) is 6.10 Å². The molecule has 80 valence electrons. The van der Waals surface area contributed by atoms with E-state index in [0.717, 1.165) is 0 Å². The third-order valence-electron chi connectivity index (χ3n) is 1.06. The maximum atomic E-state index is 10.1. The van der Waals surface area contributed by atoms with Crippen LogP contribution in [0.15, 0.2) is 0 Å². The topological polar surface area (TPSA) is 110 Å². The Morgan fingerprint density at radius 3 is 1.71 bits per heavy atom. The van der Waals surface area contributed by atoms with Crippen LogP contribution >= 0.6 is 0 Å². The number of rotatable bonds is 1. The van der Waals surface area contributed by atoms with Gasteiger partial charge in [-0.1, -0.05) is 0 Å². The minimum absolute atomic E-state index is 0.237. The molecule has 0 spiro atoms. The van der Waals surface area contributed by atoms with E-state index in [9.17, 15) is 14.4 Å².